The van der Waals surface area contributed by atoms with Crippen LogP contribution >= 0.6 is 0 Å². The van der Waals surface area contributed by atoms with Crippen molar-refractivity contribution in [3.63, 3.8) is 0 Å². The van der Waals surface area contributed by atoms with Crippen LogP contribution in [-0.4, -0.2) is 36.8 Å². The number of carbonyl (C=O) groups is 1. The zero-order chi connectivity index (χ0) is 15.5. The zero-order valence-corrected chi connectivity index (χ0v) is 10.9. The highest BCUT2D eigenvalue weighted by atomic mass is 16.6. The highest BCUT2D eigenvalue weighted by molar-refractivity contribution is 5.87. The summed E-state index contributed by atoms with van der Waals surface area (Å²) >= 11 is 0. The maximum atomic E-state index is 11.9. The Morgan fingerprint density at radius 3 is 2.64 bits per heavy atom. The number of esters is 1. The topological polar surface area (TPSA) is 168 Å². The SMILES string of the molecule is NC(N)=Nc1cnc(C(=O)Oc2nc3cncnc3o2)nc1. The third-order valence-electron chi connectivity index (χ3n) is 2.31. The first kappa shape index (κ1) is 13.4. The summed E-state index contributed by atoms with van der Waals surface area (Å²) in [5, 5.41) is 0. The molecule has 0 fully saturated rings. The van der Waals surface area contributed by atoms with Crippen LogP contribution in [-0.2, 0) is 0 Å². The Bertz CT molecular complexity index is 820. The molecule has 0 radical (unpaired) electrons. The largest absolute Gasteiger partial charge is 0.404 e. The number of oxazole rings is 1. The summed E-state index contributed by atoms with van der Waals surface area (Å²) < 4.78 is 10.0. The average molecular weight is 300 g/mol. The molecule has 0 spiro atoms. The number of ether oxygens (including phenoxy) is 1. The molecule has 3 aromatic rings. The molecule has 0 saturated heterocycles. The van der Waals surface area contributed by atoms with Crippen LogP contribution in [0, 0.1) is 0 Å². The van der Waals surface area contributed by atoms with Crippen molar-refractivity contribution in [3.8, 4) is 6.08 Å². The van der Waals surface area contributed by atoms with E-state index < -0.39 is 5.97 Å². The molecule has 0 atom stereocenters. The van der Waals surface area contributed by atoms with E-state index >= 15 is 0 Å². The molecule has 0 aliphatic heterocycles. The molecule has 0 aliphatic carbocycles. The van der Waals surface area contributed by atoms with Crippen LogP contribution in [0.25, 0.3) is 11.2 Å². The van der Waals surface area contributed by atoms with Crippen LogP contribution in [0.4, 0.5) is 5.69 Å². The van der Waals surface area contributed by atoms with Gasteiger partial charge in [-0.15, -0.1) is 0 Å². The molecule has 3 rings (SSSR count). The predicted molar refractivity (Wildman–Crippen MR) is 72.1 cm³/mol. The Hall–Kier alpha value is -3.63. The summed E-state index contributed by atoms with van der Waals surface area (Å²) in [7, 11) is 0. The lowest BCUT2D eigenvalue weighted by Gasteiger charge is -1.98. The van der Waals surface area contributed by atoms with Gasteiger partial charge in [0.2, 0.25) is 5.82 Å². The number of nitrogens with two attached hydrogens (primary N) is 2. The summed E-state index contributed by atoms with van der Waals surface area (Å²) in [5.74, 6) is -1.20. The van der Waals surface area contributed by atoms with Gasteiger partial charge in [-0.25, -0.2) is 24.7 Å². The van der Waals surface area contributed by atoms with Crippen LogP contribution in [0.15, 0.2) is 34.3 Å². The smallest absolute Gasteiger partial charge is 0.389 e. The number of aliphatic imine (C=N–C) groups is 1. The Balaban J connectivity index is 1.77. The van der Waals surface area contributed by atoms with E-state index in [0.717, 1.165) is 0 Å². The average Bonchev–Trinajstić information content (AvgIpc) is 2.89. The van der Waals surface area contributed by atoms with Crippen LogP contribution in [0.2, 0.25) is 0 Å². The molecule has 22 heavy (non-hydrogen) atoms. The van der Waals surface area contributed by atoms with Crippen LogP contribution < -0.4 is 16.2 Å². The van der Waals surface area contributed by atoms with Crippen LogP contribution in [0.1, 0.15) is 10.6 Å². The summed E-state index contributed by atoms with van der Waals surface area (Å²) in [6.07, 6.45) is 4.95. The van der Waals surface area contributed by atoms with E-state index in [-0.39, 0.29) is 23.6 Å². The van der Waals surface area contributed by atoms with Gasteiger partial charge in [0, 0.05) is 0 Å². The molecule has 110 valence electrons. The lowest BCUT2D eigenvalue weighted by Crippen LogP contribution is -2.22. The molecule has 11 heteroatoms. The van der Waals surface area contributed by atoms with Gasteiger partial charge in [0.15, 0.2) is 11.5 Å². The quantitative estimate of drug-likeness (QED) is 0.366. The lowest BCUT2D eigenvalue weighted by atomic mass is 10.5. The maximum Gasteiger partial charge on any atom is 0.404 e. The van der Waals surface area contributed by atoms with E-state index in [1.807, 2.05) is 0 Å². The lowest BCUT2D eigenvalue weighted by molar-refractivity contribution is 0.0673. The molecule has 3 heterocycles. The van der Waals surface area contributed by atoms with Crippen molar-refractivity contribution in [3.05, 3.63) is 30.7 Å². The third-order valence-corrected chi connectivity index (χ3v) is 2.31. The van der Waals surface area contributed by atoms with Gasteiger partial charge in [-0.3, -0.25) is 0 Å². The number of aromatic nitrogens is 5. The van der Waals surface area contributed by atoms with E-state index in [2.05, 4.69) is 29.9 Å². The van der Waals surface area contributed by atoms with E-state index in [9.17, 15) is 4.79 Å². The van der Waals surface area contributed by atoms with Gasteiger partial charge in [-0.1, -0.05) is 0 Å². The van der Waals surface area contributed by atoms with Gasteiger partial charge >= 0.3 is 12.0 Å². The molecule has 0 unspecified atom stereocenters. The van der Waals surface area contributed by atoms with Crippen molar-refractivity contribution in [1.82, 2.24) is 24.9 Å². The highest BCUT2D eigenvalue weighted by Gasteiger charge is 2.16. The monoisotopic (exact) mass is 300 g/mol. The van der Waals surface area contributed by atoms with Gasteiger partial charge in [0.05, 0.1) is 18.6 Å². The predicted octanol–water partition coefficient (Wildman–Crippen LogP) is -0.468. The van der Waals surface area contributed by atoms with Crippen molar-refractivity contribution >= 4 is 28.8 Å². The highest BCUT2D eigenvalue weighted by Crippen LogP contribution is 2.17. The summed E-state index contributed by atoms with van der Waals surface area (Å²) in [4.78, 5) is 34.6. The van der Waals surface area contributed by atoms with Crippen molar-refractivity contribution in [1.29, 1.82) is 0 Å². The molecule has 0 aromatic carbocycles. The number of fused-ring (bicyclic) bond motifs is 1. The molecule has 11 nitrogen and oxygen atoms in total. The van der Waals surface area contributed by atoms with E-state index in [4.69, 9.17) is 20.6 Å². The molecule has 3 aromatic heterocycles. The van der Waals surface area contributed by atoms with Crippen LogP contribution in [0.3, 0.4) is 0 Å². The first-order valence-electron chi connectivity index (χ1n) is 5.82. The fourth-order valence-electron chi connectivity index (χ4n) is 1.47. The minimum absolute atomic E-state index is 0.147. The summed E-state index contributed by atoms with van der Waals surface area (Å²) in [6, 6.07) is 0. The molecule has 0 amide bonds. The van der Waals surface area contributed by atoms with Crippen molar-refractivity contribution < 1.29 is 13.9 Å². The third kappa shape index (κ3) is 2.77. The molecular weight excluding hydrogens is 292 g/mol. The Kier molecular flexibility index (Phi) is 3.28. The fourth-order valence-corrected chi connectivity index (χ4v) is 1.47. The second kappa shape index (κ2) is 5.40. The Morgan fingerprint density at radius 1 is 1.18 bits per heavy atom. The second-order valence-corrected chi connectivity index (χ2v) is 3.88. The summed E-state index contributed by atoms with van der Waals surface area (Å²) in [5.41, 5.74) is 11.3. The van der Waals surface area contributed by atoms with Gasteiger partial charge in [-0.05, 0) is 0 Å². The van der Waals surface area contributed by atoms with Gasteiger partial charge in [0.1, 0.15) is 12.0 Å². The van der Waals surface area contributed by atoms with Gasteiger partial charge in [-0.2, -0.15) is 9.97 Å². The molecule has 4 N–H and O–H groups in total. The number of hydrogen-bond acceptors (Lipinski definition) is 9. The first-order valence-corrected chi connectivity index (χ1v) is 5.82. The van der Waals surface area contributed by atoms with Gasteiger partial charge < -0.3 is 20.6 Å². The standard InChI is InChI=1S/C11H8N8O3/c12-10(13)18-5-1-15-7(16-2-5)9(20)22-11-19-6-3-14-4-17-8(6)21-11/h1-4H,(H4,12,13,18). The number of guanidine groups is 1. The number of nitrogens with zero attached hydrogens (tertiary/aromatic N) is 6. The molecule has 0 bridgehead atoms. The first-order chi connectivity index (χ1) is 10.6. The summed E-state index contributed by atoms with van der Waals surface area (Å²) in [6.45, 7) is 0. The minimum atomic E-state index is -0.851. The van der Waals surface area contributed by atoms with Crippen molar-refractivity contribution in [2.45, 2.75) is 0 Å². The Labute approximate surface area is 122 Å². The van der Waals surface area contributed by atoms with Crippen molar-refractivity contribution in [2.24, 2.45) is 16.5 Å². The number of hydrogen-bond donors (Lipinski definition) is 2. The van der Waals surface area contributed by atoms with E-state index in [0.29, 0.717) is 11.2 Å². The van der Waals surface area contributed by atoms with Crippen molar-refractivity contribution in [2.75, 3.05) is 0 Å². The van der Waals surface area contributed by atoms with Crippen LogP contribution in [0.5, 0.6) is 6.08 Å². The zero-order valence-electron chi connectivity index (χ0n) is 10.9. The van der Waals surface area contributed by atoms with Gasteiger partial charge in [0.25, 0.3) is 5.71 Å². The fraction of sp³-hybridized carbons (Fsp3) is 0. The Morgan fingerprint density at radius 2 is 1.95 bits per heavy atom. The maximum absolute atomic E-state index is 11.9. The number of rotatable bonds is 3. The molecular formula is C11H8N8O3. The molecule has 0 saturated carbocycles. The second-order valence-electron chi connectivity index (χ2n) is 3.88. The van der Waals surface area contributed by atoms with E-state index in [1.54, 1.807) is 0 Å². The molecule has 0 aliphatic rings. The van der Waals surface area contributed by atoms with E-state index in [1.165, 1.54) is 24.9 Å². The number of carbonyl (C=O) groups excluding carboxylic acids is 1. The normalized spacial score (nSPS) is 10.4. The minimum Gasteiger partial charge on any atom is -0.389 e.